The van der Waals surface area contributed by atoms with Crippen molar-refractivity contribution >= 4 is 28.5 Å². The lowest BCUT2D eigenvalue weighted by atomic mass is 10.1. The first kappa shape index (κ1) is 10.2. The highest BCUT2D eigenvalue weighted by molar-refractivity contribution is 6.28. The molecular weight excluding hydrogens is 212 g/mol. The van der Waals surface area contributed by atoms with Gasteiger partial charge in [0.15, 0.2) is 0 Å². The Labute approximate surface area is 93.1 Å². The van der Waals surface area contributed by atoms with E-state index in [1.165, 1.54) is 0 Å². The molecule has 0 saturated heterocycles. The van der Waals surface area contributed by atoms with Crippen LogP contribution in [0.5, 0.6) is 0 Å². The molecule has 2 aromatic heterocycles. The molecule has 80 valence electrons. The second-order valence-corrected chi connectivity index (χ2v) is 4.81. The summed E-state index contributed by atoms with van der Waals surface area (Å²) in [5.41, 5.74) is 6.49. The first-order valence-corrected chi connectivity index (χ1v) is 5.08. The van der Waals surface area contributed by atoms with Crippen LogP contribution < -0.4 is 5.73 Å². The molecule has 2 aromatic rings. The van der Waals surface area contributed by atoms with E-state index < -0.39 is 0 Å². The Kier molecular flexibility index (Phi) is 2.12. The van der Waals surface area contributed by atoms with Gasteiger partial charge in [0, 0.05) is 11.7 Å². The van der Waals surface area contributed by atoms with Crippen LogP contribution in [0, 0.1) is 0 Å². The van der Waals surface area contributed by atoms with Crippen LogP contribution in [0.4, 0.5) is 5.82 Å². The fourth-order valence-electron chi connectivity index (χ4n) is 1.55. The van der Waals surface area contributed by atoms with E-state index in [4.69, 9.17) is 17.3 Å². The molecule has 0 atom stereocenters. The normalized spacial score (nSPS) is 12.3. The molecular formula is C10H13ClN4. The molecule has 0 aromatic carbocycles. The first-order chi connectivity index (χ1) is 6.89. The number of nitrogen functional groups attached to an aromatic ring is 1. The van der Waals surface area contributed by atoms with Crippen LogP contribution in [0.2, 0.25) is 5.28 Å². The van der Waals surface area contributed by atoms with E-state index in [0.29, 0.717) is 5.82 Å². The summed E-state index contributed by atoms with van der Waals surface area (Å²) in [6.45, 7) is 6.29. The molecule has 5 heteroatoms. The summed E-state index contributed by atoms with van der Waals surface area (Å²) in [7, 11) is 0. The zero-order valence-corrected chi connectivity index (χ0v) is 9.71. The third-order valence-electron chi connectivity index (χ3n) is 2.27. The average Bonchev–Trinajstić information content (AvgIpc) is 2.45. The minimum absolute atomic E-state index is 0.0497. The molecule has 2 rings (SSSR count). The molecule has 0 aliphatic carbocycles. The number of nitrogens with two attached hydrogens (primary N) is 1. The number of rotatable bonds is 0. The smallest absolute Gasteiger partial charge is 0.226 e. The number of hydrogen-bond acceptors (Lipinski definition) is 3. The summed E-state index contributed by atoms with van der Waals surface area (Å²) in [5, 5.41) is 1.03. The van der Waals surface area contributed by atoms with E-state index in [9.17, 15) is 0 Å². The summed E-state index contributed by atoms with van der Waals surface area (Å²) in [4.78, 5) is 8.12. The van der Waals surface area contributed by atoms with Gasteiger partial charge in [0.1, 0.15) is 11.5 Å². The SMILES string of the molecule is CC(C)(C)n1ccc2c(N)nc(Cl)nc21. The Balaban J connectivity index is 2.80. The predicted octanol–water partition coefficient (Wildman–Crippen LogP) is 2.42. The molecule has 2 heterocycles. The van der Waals surface area contributed by atoms with E-state index in [1.54, 1.807) is 0 Å². The van der Waals surface area contributed by atoms with Gasteiger partial charge in [-0.1, -0.05) is 0 Å². The summed E-state index contributed by atoms with van der Waals surface area (Å²) < 4.78 is 2.03. The molecule has 15 heavy (non-hydrogen) atoms. The summed E-state index contributed by atoms with van der Waals surface area (Å²) in [6, 6.07) is 1.91. The lowest BCUT2D eigenvalue weighted by molar-refractivity contribution is 0.408. The molecule has 4 nitrogen and oxygen atoms in total. The molecule has 0 fully saturated rings. The molecule has 0 bridgehead atoms. The van der Waals surface area contributed by atoms with Gasteiger partial charge in [0.05, 0.1) is 5.39 Å². The molecule has 0 saturated carbocycles. The number of halogens is 1. The number of anilines is 1. The van der Waals surface area contributed by atoms with Crippen LogP contribution >= 0.6 is 11.6 Å². The fourth-order valence-corrected chi connectivity index (χ4v) is 1.72. The van der Waals surface area contributed by atoms with Crippen molar-refractivity contribution in [1.82, 2.24) is 14.5 Å². The Morgan fingerprint density at radius 1 is 1.33 bits per heavy atom. The van der Waals surface area contributed by atoms with Gasteiger partial charge in [-0.3, -0.25) is 0 Å². The second kappa shape index (κ2) is 3.10. The standard InChI is InChI=1S/C10H13ClN4/c1-10(2,3)15-5-4-6-7(12)13-9(11)14-8(6)15/h4-5H,1-3H3,(H2,12,13,14). The Morgan fingerprint density at radius 3 is 2.60 bits per heavy atom. The lowest BCUT2D eigenvalue weighted by Gasteiger charge is -2.21. The number of hydrogen-bond donors (Lipinski definition) is 1. The van der Waals surface area contributed by atoms with Crippen LogP contribution in [-0.2, 0) is 5.54 Å². The van der Waals surface area contributed by atoms with Crippen molar-refractivity contribution < 1.29 is 0 Å². The molecule has 0 spiro atoms. The molecule has 0 amide bonds. The Hall–Kier alpha value is -1.29. The average molecular weight is 225 g/mol. The topological polar surface area (TPSA) is 56.7 Å². The quantitative estimate of drug-likeness (QED) is 0.700. The zero-order valence-electron chi connectivity index (χ0n) is 8.95. The van der Waals surface area contributed by atoms with Crippen molar-refractivity contribution in [3.8, 4) is 0 Å². The lowest BCUT2D eigenvalue weighted by Crippen LogP contribution is -2.21. The van der Waals surface area contributed by atoms with Crippen molar-refractivity contribution in [2.75, 3.05) is 5.73 Å². The maximum absolute atomic E-state index is 5.79. The zero-order chi connectivity index (χ0) is 11.2. The van der Waals surface area contributed by atoms with Gasteiger partial charge in [-0.05, 0) is 38.4 Å². The monoisotopic (exact) mass is 224 g/mol. The van der Waals surface area contributed by atoms with E-state index in [0.717, 1.165) is 11.0 Å². The highest BCUT2D eigenvalue weighted by Gasteiger charge is 2.17. The number of aromatic nitrogens is 3. The number of nitrogens with zero attached hydrogens (tertiary/aromatic N) is 3. The predicted molar refractivity (Wildman–Crippen MR) is 61.9 cm³/mol. The second-order valence-electron chi connectivity index (χ2n) is 4.47. The molecule has 0 radical (unpaired) electrons. The van der Waals surface area contributed by atoms with Crippen molar-refractivity contribution in [3.63, 3.8) is 0 Å². The van der Waals surface area contributed by atoms with Crippen LogP contribution in [-0.4, -0.2) is 14.5 Å². The third kappa shape index (κ3) is 1.65. The maximum Gasteiger partial charge on any atom is 0.226 e. The highest BCUT2D eigenvalue weighted by Crippen LogP contribution is 2.26. The first-order valence-electron chi connectivity index (χ1n) is 4.70. The minimum Gasteiger partial charge on any atom is -0.383 e. The van der Waals surface area contributed by atoms with Gasteiger partial charge in [-0.15, -0.1) is 0 Å². The van der Waals surface area contributed by atoms with E-state index >= 15 is 0 Å². The summed E-state index contributed by atoms with van der Waals surface area (Å²) in [6.07, 6.45) is 1.95. The van der Waals surface area contributed by atoms with Crippen molar-refractivity contribution in [1.29, 1.82) is 0 Å². The van der Waals surface area contributed by atoms with Crippen LogP contribution in [0.25, 0.3) is 11.0 Å². The van der Waals surface area contributed by atoms with Crippen molar-refractivity contribution in [2.24, 2.45) is 0 Å². The van der Waals surface area contributed by atoms with Crippen molar-refractivity contribution in [2.45, 2.75) is 26.3 Å². The van der Waals surface area contributed by atoms with Crippen LogP contribution in [0.15, 0.2) is 12.3 Å². The molecule has 0 aliphatic heterocycles. The summed E-state index contributed by atoms with van der Waals surface area (Å²) in [5.74, 6) is 0.424. The van der Waals surface area contributed by atoms with E-state index in [2.05, 4.69) is 30.7 Å². The fraction of sp³-hybridized carbons (Fsp3) is 0.400. The third-order valence-corrected chi connectivity index (χ3v) is 2.44. The summed E-state index contributed by atoms with van der Waals surface area (Å²) >= 11 is 5.79. The van der Waals surface area contributed by atoms with Crippen LogP contribution in [0.3, 0.4) is 0 Å². The number of fused-ring (bicyclic) bond motifs is 1. The van der Waals surface area contributed by atoms with Gasteiger partial charge < -0.3 is 10.3 Å². The molecule has 0 aliphatic rings. The Bertz CT molecular complexity index is 510. The Morgan fingerprint density at radius 2 is 2.00 bits per heavy atom. The van der Waals surface area contributed by atoms with E-state index in [1.807, 2.05) is 16.8 Å². The highest BCUT2D eigenvalue weighted by atomic mass is 35.5. The van der Waals surface area contributed by atoms with Gasteiger partial charge in [0.2, 0.25) is 5.28 Å². The molecule has 0 unspecified atom stereocenters. The largest absolute Gasteiger partial charge is 0.383 e. The van der Waals surface area contributed by atoms with E-state index in [-0.39, 0.29) is 10.8 Å². The van der Waals surface area contributed by atoms with Gasteiger partial charge >= 0.3 is 0 Å². The van der Waals surface area contributed by atoms with Crippen LogP contribution in [0.1, 0.15) is 20.8 Å². The maximum atomic E-state index is 5.79. The molecule has 2 N–H and O–H groups in total. The van der Waals surface area contributed by atoms with Gasteiger partial charge in [-0.2, -0.15) is 4.98 Å². The van der Waals surface area contributed by atoms with Crippen molar-refractivity contribution in [3.05, 3.63) is 17.5 Å². The van der Waals surface area contributed by atoms with Gasteiger partial charge in [0.25, 0.3) is 0 Å². The van der Waals surface area contributed by atoms with Gasteiger partial charge in [-0.25, -0.2) is 4.98 Å². The minimum atomic E-state index is -0.0497.